The van der Waals surface area contributed by atoms with Crippen LogP contribution in [0, 0.1) is 6.92 Å². The number of aromatic amines is 1. The van der Waals surface area contributed by atoms with Crippen LogP contribution < -0.4 is 0 Å². The zero-order valence-corrected chi connectivity index (χ0v) is 14.7. The molecule has 2 aromatic heterocycles. The van der Waals surface area contributed by atoms with Crippen molar-refractivity contribution in [3.8, 4) is 11.4 Å². The first-order chi connectivity index (χ1) is 11.7. The Morgan fingerprint density at radius 2 is 1.68 bits per heavy atom. The van der Waals surface area contributed by atoms with E-state index in [1.165, 1.54) is 6.07 Å². The lowest BCUT2D eigenvalue weighted by atomic mass is 10.1. The summed E-state index contributed by atoms with van der Waals surface area (Å²) in [6.07, 6.45) is -4.44. The summed E-state index contributed by atoms with van der Waals surface area (Å²) < 4.78 is 38.8. The fourth-order valence-electron chi connectivity index (χ4n) is 2.00. The minimum absolute atomic E-state index is 0.129. The van der Waals surface area contributed by atoms with E-state index in [4.69, 9.17) is 23.2 Å². The van der Waals surface area contributed by atoms with Crippen molar-refractivity contribution < 1.29 is 13.2 Å². The molecule has 1 aromatic carbocycles. The number of alkyl halides is 3. The topological polar surface area (TPSA) is 67.3 Å². The normalized spacial score (nSPS) is 11.8. The van der Waals surface area contributed by atoms with E-state index in [-0.39, 0.29) is 26.9 Å². The molecule has 0 radical (unpaired) electrons. The van der Waals surface area contributed by atoms with E-state index in [1.807, 2.05) is 0 Å². The zero-order valence-electron chi connectivity index (χ0n) is 12.4. The predicted octanol–water partition coefficient (Wildman–Crippen LogP) is 5.05. The van der Waals surface area contributed by atoms with Crippen LogP contribution in [0.5, 0.6) is 0 Å². The van der Waals surface area contributed by atoms with Crippen molar-refractivity contribution in [2.45, 2.75) is 23.4 Å². The monoisotopic (exact) mass is 405 g/mol. The van der Waals surface area contributed by atoms with E-state index in [0.717, 1.165) is 23.9 Å². The van der Waals surface area contributed by atoms with E-state index in [1.54, 1.807) is 13.0 Å². The van der Waals surface area contributed by atoms with Gasteiger partial charge in [0.1, 0.15) is 10.3 Å². The van der Waals surface area contributed by atoms with Crippen LogP contribution >= 0.6 is 35.0 Å². The first kappa shape index (κ1) is 18.0. The quantitative estimate of drug-likeness (QED) is 0.487. The summed E-state index contributed by atoms with van der Waals surface area (Å²) >= 11 is 12.6. The van der Waals surface area contributed by atoms with Gasteiger partial charge in [0.25, 0.3) is 0 Å². The molecule has 130 valence electrons. The third-order valence-corrected chi connectivity index (χ3v) is 4.09. The van der Waals surface area contributed by atoms with Crippen LogP contribution in [0.3, 0.4) is 0 Å². The van der Waals surface area contributed by atoms with Gasteiger partial charge in [-0.05, 0) is 42.4 Å². The summed E-state index contributed by atoms with van der Waals surface area (Å²) in [5.74, 6) is 0.129. The molecule has 0 aliphatic carbocycles. The van der Waals surface area contributed by atoms with Crippen molar-refractivity contribution >= 4 is 35.0 Å². The molecule has 11 heteroatoms. The molecule has 0 bridgehead atoms. The highest BCUT2D eigenvalue weighted by atomic mass is 35.5. The summed E-state index contributed by atoms with van der Waals surface area (Å²) in [5, 5.41) is 7.43. The van der Waals surface area contributed by atoms with Gasteiger partial charge in [-0.3, -0.25) is 5.10 Å². The van der Waals surface area contributed by atoms with Crippen LogP contribution in [0.25, 0.3) is 11.4 Å². The Hall–Kier alpha value is -1.84. The maximum Gasteiger partial charge on any atom is 0.416 e. The molecule has 0 fully saturated rings. The molecule has 5 nitrogen and oxygen atoms in total. The number of benzene rings is 1. The molecule has 0 unspecified atom stereocenters. The predicted molar refractivity (Wildman–Crippen MR) is 87.7 cm³/mol. The third-order valence-electron chi connectivity index (χ3n) is 2.96. The number of nitrogens with one attached hydrogen (secondary N) is 1. The van der Waals surface area contributed by atoms with Gasteiger partial charge in [-0.25, -0.2) is 15.0 Å². The van der Waals surface area contributed by atoms with Gasteiger partial charge in [-0.1, -0.05) is 23.2 Å². The molecule has 3 rings (SSSR count). The number of aryl methyl sites for hydroxylation is 1. The lowest BCUT2D eigenvalue weighted by Crippen LogP contribution is -2.05. The number of hydrogen-bond acceptors (Lipinski definition) is 5. The smallest absolute Gasteiger partial charge is 0.253 e. The molecule has 1 N–H and O–H groups in total. The molecular weight excluding hydrogens is 398 g/mol. The molecule has 25 heavy (non-hydrogen) atoms. The van der Waals surface area contributed by atoms with Gasteiger partial charge in [0.15, 0.2) is 16.1 Å². The highest BCUT2D eigenvalue weighted by Gasteiger charge is 2.31. The van der Waals surface area contributed by atoms with E-state index in [0.29, 0.717) is 10.7 Å². The molecular formula is C14H8Cl2F3N5S. The Kier molecular flexibility index (Phi) is 4.90. The number of hydrogen-bond donors (Lipinski definition) is 1. The Labute approximate surface area is 154 Å². The number of aromatic nitrogens is 5. The van der Waals surface area contributed by atoms with Gasteiger partial charge in [0.2, 0.25) is 0 Å². The van der Waals surface area contributed by atoms with Crippen LogP contribution in [-0.2, 0) is 6.18 Å². The summed E-state index contributed by atoms with van der Waals surface area (Å²) in [7, 11) is 0. The maximum atomic E-state index is 12.9. The number of nitrogens with zero attached hydrogens (tertiary/aromatic N) is 4. The highest BCUT2D eigenvalue weighted by molar-refractivity contribution is 7.99. The summed E-state index contributed by atoms with van der Waals surface area (Å²) in [4.78, 5) is 12.1. The van der Waals surface area contributed by atoms with Gasteiger partial charge >= 0.3 is 6.18 Å². The van der Waals surface area contributed by atoms with Gasteiger partial charge in [0.05, 0.1) is 5.56 Å². The van der Waals surface area contributed by atoms with Crippen molar-refractivity contribution in [2.24, 2.45) is 0 Å². The fourth-order valence-corrected chi connectivity index (χ4v) is 3.21. The van der Waals surface area contributed by atoms with Crippen molar-refractivity contribution in [1.29, 1.82) is 0 Å². The molecule has 0 spiro atoms. The number of H-pyrrole nitrogens is 1. The summed E-state index contributed by atoms with van der Waals surface area (Å²) in [6, 6.07) is 5.01. The largest absolute Gasteiger partial charge is 0.416 e. The van der Waals surface area contributed by atoms with E-state index >= 15 is 0 Å². The second-order valence-electron chi connectivity index (χ2n) is 4.95. The van der Waals surface area contributed by atoms with Gasteiger partial charge in [-0.2, -0.15) is 18.3 Å². The van der Waals surface area contributed by atoms with Crippen molar-refractivity contribution in [1.82, 2.24) is 25.1 Å². The minimum atomic E-state index is -4.44. The first-order valence-corrected chi connectivity index (χ1v) is 8.27. The molecule has 0 atom stereocenters. The van der Waals surface area contributed by atoms with Crippen molar-refractivity contribution in [3.63, 3.8) is 0 Å². The van der Waals surface area contributed by atoms with Crippen LogP contribution in [0.15, 0.2) is 34.6 Å². The third kappa shape index (κ3) is 4.42. The second-order valence-corrected chi connectivity index (χ2v) is 6.68. The average Bonchev–Trinajstić information content (AvgIpc) is 2.93. The van der Waals surface area contributed by atoms with Crippen LogP contribution in [0.4, 0.5) is 13.2 Å². The number of rotatable bonds is 3. The minimum Gasteiger partial charge on any atom is -0.253 e. The van der Waals surface area contributed by atoms with Crippen LogP contribution in [0.1, 0.15) is 11.1 Å². The molecule has 2 heterocycles. The standard InChI is InChI=1S/C14H8Cl2F3N5S/c1-6-2-7(4-8(3-6)14(17,18)19)11-22-13(24-23-11)25-12-20-9(15)5-10(16)21-12/h2-5H,1H3,(H,22,23,24). The molecule has 0 saturated heterocycles. The molecule has 0 aliphatic heterocycles. The number of halogens is 5. The Bertz CT molecular complexity index is 909. The second kappa shape index (κ2) is 6.81. The Morgan fingerprint density at radius 1 is 1.00 bits per heavy atom. The zero-order chi connectivity index (χ0) is 18.2. The first-order valence-electron chi connectivity index (χ1n) is 6.70. The van der Waals surface area contributed by atoms with E-state index < -0.39 is 11.7 Å². The van der Waals surface area contributed by atoms with E-state index in [2.05, 4.69) is 25.1 Å². The average molecular weight is 406 g/mol. The fraction of sp³-hybridized carbons (Fsp3) is 0.143. The lowest BCUT2D eigenvalue weighted by Gasteiger charge is -2.08. The maximum absolute atomic E-state index is 12.9. The highest BCUT2D eigenvalue weighted by Crippen LogP contribution is 2.33. The van der Waals surface area contributed by atoms with E-state index in [9.17, 15) is 13.2 Å². The summed E-state index contributed by atoms with van der Waals surface area (Å²) in [6.45, 7) is 1.57. The Morgan fingerprint density at radius 3 is 2.32 bits per heavy atom. The van der Waals surface area contributed by atoms with Crippen molar-refractivity contribution in [3.05, 3.63) is 45.7 Å². The lowest BCUT2D eigenvalue weighted by molar-refractivity contribution is -0.137. The summed E-state index contributed by atoms with van der Waals surface area (Å²) in [5.41, 5.74) is -0.0549. The van der Waals surface area contributed by atoms with Crippen LogP contribution in [-0.4, -0.2) is 25.1 Å². The Balaban J connectivity index is 1.90. The van der Waals surface area contributed by atoms with Gasteiger partial charge < -0.3 is 0 Å². The molecule has 0 aliphatic rings. The molecule has 0 saturated carbocycles. The van der Waals surface area contributed by atoms with Crippen molar-refractivity contribution in [2.75, 3.05) is 0 Å². The van der Waals surface area contributed by atoms with Crippen LogP contribution in [0.2, 0.25) is 10.3 Å². The SMILES string of the molecule is Cc1cc(-c2n[nH]c(Sc3nc(Cl)cc(Cl)n3)n2)cc(C(F)(F)F)c1. The molecule has 3 aromatic rings. The van der Waals surface area contributed by atoms with Gasteiger partial charge in [-0.15, -0.1) is 0 Å². The molecule has 0 amide bonds. The van der Waals surface area contributed by atoms with Gasteiger partial charge in [0, 0.05) is 11.6 Å².